The summed E-state index contributed by atoms with van der Waals surface area (Å²) in [4.78, 5) is 4.04. The van der Waals surface area contributed by atoms with Crippen molar-refractivity contribution in [2.24, 2.45) is 0 Å². The van der Waals surface area contributed by atoms with E-state index in [0.717, 1.165) is 25.3 Å². The summed E-state index contributed by atoms with van der Waals surface area (Å²) in [5, 5.41) is 0. The lowest BCUT2D eigenvalue weighted by Gasteiger charge is -2.06. The Balaban J connectivity index is 2.09. The molecule has 0 aliphatic rings. The van der Waals surface area contributed by atoms with E-state index >= 15 is 0 Å². The monoisotopic (exact) mass is 232 g/mol. The molecule has 15 heavy (non-hydrogen) atoms. The largest absolute Gasteiger partial charge is 0.382 e. The molecule has 0 unspecified atom stereocenters. The minimum Gasteiger partial charge on any atom is -0.382 e. The fourth-order valence-electron chi connectivity index (χ4n) is 1.24. The van der Waals surface area contributed by atoms with Crippen molar-refractivity contribution in [1.29, 1.82) is 0 Å². The number of nitrogens with zero attached hydrogens (tertiary/aromatic N) is 2. The van der Waals surface area contributed by atoms with Crippen molar-refractivity contribution in [2.75, 3.05) is 26.9 Å². The summed E-state index contributed by atoms with van der Waals surface area (Å²) in [5.41, 5.74) is 1.05. The number of halogens is 1. The van der Waals surface area contributed by atoms with Gasteiger partial charge in [-0.05, 0) is 6.42 Å². The minimum atomic E-state index is 0.504. The zero-order chi connectivity index (χ0) is 10.9. The first-order valence-electron chi connectivity index (χ1n) is 5.00. The van der Waals surface area contributed by atoms with Gasteiger partial charge in [-0.25, -0.2) is 4.98 Å². The Bertz CT molecular complexity index is 266. The molecule has 0 spiro atoms. The van der Waals surface area contributed by atoms with Crippen LogP contribution in [0, 0.1) is 0 Å². The zero-order valence-electron chi connectivity index (χ0n) is 8.99. The summed E-state index contributed by atoms with van der Waals surface area (Å²) in [6.07, 6.45) is 4.55. The first-order chi connectivity index (χ1) is 7.38. The molecule has 4 nitrogen and oxygen atoms in total. The van der Waals surface area contributed by atoms with Crippen molar-refractivity contribution >= 4 is 11.6 Å². The summed E-state index contributed by atoms with van der Waals surface area (Å²) in [6.45, 7) is 2.94. The molecule has 0 aromatic carbocycles. The quantitative estimate of drug-likeness (QED) is 0.505. The highest BCUT2D eigenvalue weighted by Crippen LogP contribution is 2.04. The normalized spacial score (nSPS) is 10.8. The van der Waals surface area contributed by atoms with Crippen molar-refractivity contribution in [2.45, 2.75) is 18.8 Å². The van der Waals surface area contributed by atoms with Gasteiger partial charge >= 0.3 is 0 Å². The Morgan fingerprint density at radius 1 is 1.40 bits per heavy atom. The van der Waals surface area contributed by atoms with E-state index in [2.05, 4.69) is 4.98 Å². The highest BCUT2D eigenvalue weighted by Gasteiger charge is 1.99. The van der Waals surface area contributed by atoms with Gasteiger partial charge in [0.15, 0.2) is 0 Å². The molecule has 86 valence electrons. The smallest absolute Gasteiger partial charge is 0.0948 e. The van der Waals surface area contributed by atoms with Crippen LogP contribution in [0.25, 0.3) is 0 Å². The van der Waals surface area contributed by atoms with Crippen LogP contribution >= 0.6 is 11.6 Å². The summed E-state index contributed by atoms with van der Waals surface area (Å²) < 4.78 is 12.3. The molecule has 5 heteroatoms. The second-order valence-corrected chi connectivity index (χ2v) is 3.44. The molecule has 0 aliphatic heterocycles. The third-order valence-electron chi connectivity index (χ3n) is 2.05. The van der Waals surface area contributed by atoms with Crippen molar-refractivity contribution in [3.63, 3.8) is 0 Å². The van der Waals surface area contributed by atoms with Gasteiger partial charge in [0, 0.05) is 26.5 Å². The third-order valence-corrected chi connectivity index (χ3v) is 2.33. The summed E-state index contributed by atoms with van der Waals surface area (Å²) in [5.74, 6) is 0.504. The average molecular weight is 233 g/mol. The van der Waals surface area contributed by atoms with Crippen molar-refractivity contribution in [1.82, 2.24) is 9.55 Å². The van der Waals surface area contributed by atoms with E-state index in [9.17, 15) is 0 Å². The van der Waals surface area contributed by atoms with Crippen LogP contribution in [-0.4, -0.2) is 36.5 Å². The predicted molar refractivity (Wildman–Crippen MR) is 59.1 cm³/mol. The lowest BCUT2D eigenvalue weighted by atomic mass is 10.4. The van der Waals surface area contributed by atoms with Crippen LogP contribution in [0.4, 0.5) is 0 Å². The fourth-order valence-corrected chi connectivity index (χ4v) is 1.46. The number of rotatable bonds is 8. The van der Waals surface area contributed by atoms with Crippen LogP contribution in [0.2, 0.25) is 0 Å². The molecule has 0 radical (unpaired) electrons. The van der Waals surface area contributed by atoms with Crippen LogP contribution in [0.1, 0.15) is 12.1 Å². The number of aromatic nitrogens is 2. The fraction of sp³-hybridized carbons (Fsp3) is 0.700. The summed E-state index contributed by atoms with van der Waals surface area (Å²) in [6, 6.07) is 0. The molecule has 0 bridgehead atoms. The van der Waals surface area contributed by atoms with Gasteiger partial charge in [-0.15, -0.1) is 11.6 Å². The summed E-state index contributed by atoms with van der Waals surface area (Å²) >= 11 is 5.75. The number of imidazole rings is 1. The Morgan fingerprint density at radius 2 is 2.27 bits per heavy atom. The topological polar surface area (TPSA) is 36.3 Å². The van der Waals surface area contributed by atoms with Gasteiger partial charge in [0.1, 0.15) is 0 Å². The summed E-state index contributed by atoms with van der Waals surface area (Å²) in [7, 11) is 1.67. The standard InChI is InChI=1S/C10H17ClN2O2/c1-14-5-6-15-4-2-3-13-9-12-8-10(13)7-11/h8-9H,2-7H2,1H3. The molecular weight excluding hydrogens is 216 g/mol. The number of hydrogen-bond acceptors (Lipinski definition) is 3. The first-order valence-corrected chi connectivity index (χ1v) is 5.53. The van der Waals surface area contributed by atoms with Crippen LogP contribution < -0.4 is 0 Å². The molecule has 1 rings (SSSR count). The van der Waals surface area contributed by atoms with Gasteiger partial charge in [0.2, 0.25) is 0 Å². The highest BCUT2D eigenvalue weighted by atomic mass is 35.5. The average Bonchev–Trinajstić information content (AvgIpc) is 2.70. The molecule has 1 heterocycles. The van der Waals surface area contributed by atoms with E-state index in [1.165, 1.54) is 0 Å². The van der Waals surface area contributed by atoms with E-state index in [1.807, 2.05) is 4.57 Å². The van der Waals surface area contributed by atoms with Gasteiger partial charge in [-0.3, -0.25) is 0 Å². The van der Waals surface area contributed by atoms with E-state index in [-0.39, 0.29) is 0 Å². The predicted octanol–water partition coefficient (Wildman–Crippen LogP) is 1.67. The zero-order valence-corrected chi connectivity index (χ0v) is 9.74. The Hall–Kier alpha value is -0.580. The molecule has 0 saturated heterocycles. The van der Waals surface area contributed by atoms with Gasteiger partial charge in [-0.1, -0.05) is 0 Å². The Kier molecular flexibility index (Phi) is 6.39. The van der Waals surface area contributed by atoms with Crippen LogP contribution in [0.3, 0.4) is 0 Å². The molecule has 0 amide bonds. The van der Waals surface area contributed by atoms with E-state index in [1.54, 1.807) is 19.6 Å². The van der Waals surface area contributed by atoms with Gasteiger partial charge in [0.05, 0.1) is 31.1 Å². The Morgan fingerprint density at radius 3 is 3.00 bits per heavy atom. The van der Waals surface area contributed by atoms with Gasteiger partial charge in [0.25, 0.3) is 0 Å². The molecule has 1 aromatic rings. The van der Waals surface area contributed by atoms with Gasteiger partial charge < -0.3 is 14.0 Å². The number of hydrogen-bond donors (Lipinski definition) is 0. The lowest BCUT2D eigenvalue weighted by molar-refractivity contribution is 0.0680. The second-order valence-electron chi connectivity index (χ2n) is 3.17. The highest BCUT2D eigenvalue weighted by molar-refractivity contribution is 6.16. The number of alkyl halides is 1. The van der Waals surface area contributed by atoms with Crippen LogP contribution in [-0.2, 0) is 21.9 Å². The maximum Gasteiger partial charge on any atom is 0.0948 e. The number of ether oxygens (including phenoxy) is 2. The van der Waals surface area contributed by atoms with Crippen LogP contribution in [0.15, 0.2) is 12.5 Å². The molecule has 1 aromatic heterocycles. The maximum absolute atomic E-state index is 5.75. The molecule has 0 N–H and O–H groups in total. The molecule has 0 fully saturated rings. The number of aryl methyl sites for hydroxylation is 1. The van der Waals surface area contributed by atoms with E-state index in [0.29, 0.717) is 19.1 Å². The van der Waals surface area contributed by atoms with Crippen LogP contribution in [0.5, 0.6) is 0 Å². The van der Waals surface area contributed by atoms with Gasteiger partial charge in [-0.2, -0.15) is 0 Å². The SMILES string of the molecule is COCCOCCCn1cncc1CCl. The maximum atomic E-state index is 5.75. The Labute approximate surface area is 95.2 Å². The third kappa shape index (κ3) is 4.64. The van der Waals surface area contributed by atoms with Crippen molar-refractivity contribution < 1.29 is 9.47 Å². The number of methoxy groups -OCH3 is 1. The molecule has 0 saturated carbocycles. The molecular formula is C10H17ClN2O2. The minimum absolute atomic E-state index is 0.504. The first kappa shape index (κ1) is 12.5. The molecule has 0 atom stereocenters. The van der Waals surface area contributed by atoms with E-state index < -0.39 is 0 Å². The van der Waals surface area contributed by atoms with Crippen molar-refractivity contribution in [3.05, 3.63) is 18.2 Å². The lowest BCUT2D eigenvalue weighted by Crippen LogP contribution is -2.07. The molecule has 0 aliphatic carbocycles. The second kappa shape index (κ2) is 7.68. The van der Waals surface area contributed by atoms with Crippen molar-refractivity contribution in [3.8, 4) is 0 Å². The van der Waals surface area contributed by atoms with E-state index in [4.69, 9.17) is 21.1 Å².